The summed E-state index contributed by atoms with van der Waals surface area (Å²) in [5, 5.41) is 1.15. The number of carbonyl (C=O) groups excluding carboxylic acids is 3. The van der Waals surface area contributed by atoms with Crippen LogP contribution in [0.15, 0.2) is 42.7 Å². The van der Waals surface area contributed by atoms with E-state index in [2.05, 4.69) is 9.88 Å². The normalized spacial score (nSPS) is 20.2. The first-order valence-corrected chi connectivity index (χ1v) is 19.7. The second-order valence-corrected chi connectivity index (χ2v) is 16.6. The predicted molar refractivity (Wildman–Crippen MR) is 209 cm³/mol. The number of carbonyl (C=O) groups is 3. The van der Waals surface area contributed by atoms with Gasteiger partial charge in [-0.05, 0) is 95.2 Å². The Balaban J connectivity index is 1.22. The van der Waals surface area contributed by atoms with Gasteiger partial charge in [-0.25, -0.2) is 9.78 Å². The molecule has 11 nitrogen and oxygen atoms in total. The summed E-state index contributed by atoms with van der Waals surface area (Å²) >= 11 is 19.4. The Morgan fingerprint density at radius 1 is 0.926 bits per heavy atom. The number of likely N-dealkylation sites (tertiary alicyclic amines) is 1. The van der Waals surface area contributed by atoms with Crippen LogP contribution in [0.3, 0.4) is 0 Å². The van der Waals surface area contributed by atoms with E-state index >= 15 is 0 Å². The summed E-state index contributed by atoms with van der Waals surface area (Å²) in [5.74, 6) is -0.554. The Labute approximate surface area is 332 Å². The van der Waals surface area contributed by atoms with Crippen molar-refractivity contribution in [2.45, 2.75) is 89.9 Å². The third kappa shape index (κ3) is 9.59. The van der Waals surface area contributed by atoms with Crippen molar-refractivity contribution in [3.8, 4) is 5.75 Å². The van der Waals surface area contributed by atoms with Gasteiger partial charge in [-0.15, -0.1) is 0 Å². The molecule has 1 saturated carbocycles. The minimum absolute atomic E-state index is 0.0955. The first kappa shape index (κ1) is 40.0. The molecule has 14 heteroatoms. The molecule has 0 spiro atoms. The summed E-state index contributed by atoms with van der Waals surface area (Å²) in [6.45, 7) is 9.73. The van der Waals surface area contributed by atoms with Crippen molar-refractivity contribution in [1.29, 1.82) is 0 Å². The number of anilines is 1. The number of hydrogen-bond donors (Lipinski definition) is 0. The van der Waals surface area contributed by atoms with Crippen molar-refractivity contribution in [2.75, 3.05) is 44.8 Å². The van der Waals surface area contributed by atoms with E-state index in [1.807, 2.05) is 52.0 Å². The molecule has 0 N–H and O–H groups in total. The third-order valence-corrected chi connectivity index (χ3v) is 10.8. The molecule has 0 unspecified atom stereocenters. The molecule has 6 rings (SSSR count). The number of nitrogens with zero attached hydrogens (tertiary/aromatic N) is 5. The fourth-order valence-corrected chi connectivity index (χ4v) is 8.03. The van der Waals surface area contributed by atoms with E-state index in [0.717, 1.165) is 36.3 Å². The first-order chi connectivity index (χ1) is 25.7. The van der Waals surface area contributed by atoms with Crippen LogP contribution in [0, 0.1) is 12.8 Å². The van der Waals surface area contributed by atoms with Crippen molar-refractivity contribution in [2.24, 2.45) is 5.92 Å². The molecule has 290 valence electrons. The van der Waals surface area contributed by atoms with Gasteiger partial charge in [0.15, 0.2) is 5.75 Å². The molecule has 3 atom stereocenters. The number of aromatic nitrogens is 2. The summed E-state index contributed by atoms with van der Waals surface area (Å²) in [5.41, 5.74) is 2.04. The second-order valence-electron chi connectivity index (χ2n) is 15.4. The standard InChI is InChI=1S/C40H48Cl3N5O6/c1-24-17-32(41)36(33(42)18-24)53-28-12-14-46(22-28)35-11-8-25(20-45-35)29-13-15-47(39(51)54-40(2,3)4)23-31(29)38(50)48(27-9-10-27)37(49)30-19-26(7-6-16-52-5)44-21-34(30)43/h8,11,17-21,27-29,31H,6-7,9-10,12-16,22-23H2,1-5H3/t28-,29-,31+/m1/s1. The Bertz CT molecular complexity index is 1830. The lowest BCUT2D eigenvalue weighted by Gasteiger charge is -2.40. The highest BCUT2D eigenvalue weighted by atomic mass is 35.5. The minimum Gasteiger partial charge on any atom is -0.485 e. The van der Waals surface area contributed by atoms with Gasteiger partial charge in [0.2, 0.25) is 5.91 Å². The summed E-state index contributed by atoms with van der Waals surface area (Å²) in [4.78, 5) is 56.7. The molecule has 4 heterocycles. The van der Waals surface area contributed by atoms with Gasteiger partial charge in [-0.2, -0.15) is 0 Å². The number of imide groups is 1. The number of amides is 3. The lowest BCUT2D eigenvalue weighted by atomic mass is 9.80. The highest BCUT2D eigenvalue weighted by Gasteiger charge is 2.46. The molecule has 3 aliphatic rings. The Kier molecular flexibility index (Phi) is 12.6. The zero-order valence-corrected chi connectivity index (χ0v) is 33.7. The van der Waals surface area contributed by atoms with E-state index in [4.69, 9.17) is 54.0 Å². The van der Waals surface area contributed by atoms with Crippen LogP contribution in [0.4, 0.5) is 10.6 Å². The minimum atomic E-state index is -0.723. The summed E-state index contributed by atoms with van der Waals surface area (Å²) in [6, 6.07) is 9.04. The molecule has 1 aliphatic carbocycles. The molecule has 0 bridgehead atoms. The largest absolute Gasteiger partial charge is 0.485 e. The van der Waals surface area contributed by atoms with Crippen LogP contribution in [0.5, 0.6) is 5.75 Å². The van der Waals surface area contributed by atoms with E-state index in [1.54, 1.807) is 24.3 Å². The highest BCUT2D eigenvalue weighted by molar-refractivity contribution is 6.37. The molecule has 3 aromatic rings. The molecule has 2 saturated heterocycles. The van der Waals surface area contributed by atoms with Gasteiger partial charge in [0.05, 0.1) is 33.1 Å². The van der Waals surface area contributed by atoms with Gasteiger partial charge in [-0.1, -0.05) is 40.9 Å². The number of hydrogen-bond acceptors (Lipinski definition) is 9. The van der Waals surface area contributed by atoms with Gasteiger partial charge in [0.1, 0.15) is 17.5 Å². The van der Waals surface area contributed by atoms with Crippen LogP contribution in [-0.2, 0) is 20.7 Å². The van der Waals surface area contributed by atoms with Crippen LogP contribution in [0.1, 0.15) is 86.0 Å². The number of methoxy groups -OCH3 is 1. The van der Waals surface area contributed by atoms with Gasteiger partial charge in [-0.3, -0.25) is 19.5 Å². The monoisotopic (exact) mass is 799 g/mol. The molecule has 3 amide bonds. The number of benzene rings is 1. The van der Waals surface area contributed by atoms with Crippen molar-refractivity contribution >= 4 is 58.5 Å². The van der Waals surface area contributed by atoms with Gasteiger partial charge in [0, 0.05) is 69.8 Å². The van der Waals surface area contributed by atoms with E-state index < -0.39 is 23.5 Å². The zero-order chi connectivity index (χ0) is 38.7. The zero-order valence-electron chi connectivity index (χ0n) is 31.4. The smallest absolute Gasteiger partial charge is 0.410 e. The average Bonchev–Trinajstić information content (AvgIpc) is 3.85. The van der Waals surface area contributed by atoms with Crippen molar-refractivity contribution in [3.05, 3.63) is 80.2 Å². The predicted octanol–water partition coefficient (Wildman–Crippen LogP) is 8.15. The lowest BCUT2D eigenvalue weighted by molar-refractivity contribution is -0.135. The number of rotatable bonds is 11. The first-order valence-electron chi connectivity index (χ1n) is 18.5. The van der Waals surface area contributed by atoms with Crippen LogP contribution < -0.4 is 9.64 Å². The van der Waals surface area contributed by atoms with Crippen LogP contribution in [0.25, 0.3) is 0 Å². The number of piperidine rings is 1. The molecule has 2 aromatic heterocycles. The number of halogens is 3. The number of ether oxygens (including phenoxy) is 3. The highest BCUT2D eigenvalue weighted by Crippen LogP contribution is 2.40. The second kappa shape index (κ2) is 17.0. The fraction of sp³-hybridized carbons (Fsp3) is 0.525. The maximum Gasteiger partial charge on any atom is 0.410 e. The molecule has 3 fully saturated rings. The van der Waals surface area contributed by atoms with Crippen molar-refractivity contribution < 1.29 is 28.6 Å². The van der Waals surface area contributed by atoms with Gasteiger partial charge >= 0.3 is 6.09 Å². The molecule has 54 heavy (non-hydrogen) atoms. The summed E-state index contributed by atoms with van der Waals surface area (Å²) in [7, 11) is 1.63. The summed E-state index contributed by atoms with van der Waals surface area (Å²) in [6.07, 6.45) is 6.64. The van der Waals surface area contributed by atoms with Crippen LogP contribution in [0.2, 0.25) is 15.1 Å². The quantitative estimate of drug-likeness (QED) is 0.140. The van der Waals surface area contributed by atoms with Crippen molar-refractivity contribution in [1.82, 2.24) is 19.8 Å². The number of aryl methyl sites for hydroxylation is 2. The SMILES string of the molecule is COCCCc1cc(C(=O)N(C(=O)[C@H]2CN(C(=O)OC(C)(C)C)CC[C@@H]2c2ccc(N3CC[C@@H](Oc4c(Cl)cc(C)cc4Cl)C3)nc2)C2CC2)c(Cl)cn1. The van der Waals surface area contributed by atoms with E-state index in [-0.39, 0.29) is 41.1 Å². The van der Waals surface area contributed by atoms with Crippen molar-refractivity contribution in [3.63, 3.8) is 0 Å². The van der Waals surface area contributed by atoms with Gasteiger partial charge < -0.3 is 24.0 Å². The van der Waals surface area contributed by atoms with E-state index in [9.17, 15) is 14.4 Å². The third-order valence-electron chi connectivity index (χ3n) is 9.97. The topological polar surface area (TPSA) is 114 Å². The fourth-order valence-electron chi connectivity index (χ4n) is 7.16. The molecular weight excluding hydrogens is 753 g/mol. The molecule has 1 aromatic carbocycles. The Morgan fingerprint density at radius 2 is 1.67 bits per heavy atom. The van der Waals surface area contributed by atoms with E-state index in [1.165, 1.54) is 11.1 Å². The molecule has 2 aliphatic heterocycles. The number of pyridine rings is 2. The molecule has 0 radical (unpaired) electrons. The van der Waals surface area contributed by atoms with Crippen LogP contribution >= 0.6 is 34.8 Å². The lowest BCUT2D eigenvalue weighted by Crippen LogP contribution is -2.52. The molecular formula is C40H48Cl3N5O6. The Hall–Kier alpha value is -3.64. The maximum atomic E-state index is 14.8. The van der Waals surface area contributed by atoms with Gasteiger partial charge in [0.25, 0.3) is 5.91 Å². The Morgan fingerprint density at radius 3 is 2.31 bits per heavy atom. The van der Waals surface area contributed by atoms with E-state index in [0.29, 0.717) is 66.9 Å². The average molecular weight is 801 g/mol. The van der Waals surface area contributed by atoms with Crippen LogP contribution in [-0.4, -0.2) is 95.3 Å². The maximum absolute atomic E-state index is 14.8. The summed E-state index contributed by atoms with van der Waals surface area (Å²) < 4.78 is 17.1.